The minimum atomic E-state index is -0.170. The maximum Gasteiger partial charge on any atom is 0.254 e. The third-order valence-corrected chi connectivity index (χ3v) is 5.31. The molecule has 0 radical (unpaired) electrons. The van der Waals surface area contributed by atoms with E-state index in [-0.39, 0.29) is 24.1 Å². The largest absolute Gasteiger partial charge is 0.351 e. The van der Waals surface area contributed by atoms with E-state index in [9.17, 15) is 9.59 Å². The predicted molar refractivity (Wildman–Crippen MR) is 107 cm³/mol. The summed E-state index contributed by atoms with van der Waals surface area (Å²) in [5, 5.41) is 4.35. The van der Waals surface area contributed by atoms with E-state index in [1.165, 1.54) is 16.7 Å². The normalized spacial score (nSPS) is 13.7. The zero-order valence-corrected chi connectivity index (χ0v) is 15.9. The standard InChI is InChI=1S/C18H15Cl2N3O2S/c19-13-6-2-1-5-12(13)9-21-16(24)11-26-18-22-10-17(25)23(18)15-8-4-3-7-14(15)20/h1-8H,9-11H2,(H,21,24). The van der Waals surface area contributed by atoms with Gasteiger partial charge in [0.1, 0.15) is 6.54 Å². The molecule has 2 amide bonds. The lowest BCUT2D eigenvalue weighted by atomic mass is 10.2. The molecular weight excluding hydrogens is 393 g/mol. The number of aliphatic imine (C=N–C) groups is 1. The van der Waals surface area contributed by atoms with Crippen molar-refractivity contribution in [1.82, 2.24) is 5.32 Å². The number of benzene rings is 2. The second-order valence-corrected chi connectivity index (χ2v) is 7.19. The highest BCUT2D eigenvalue weighted by molar-refractivity contribution is 8.14. The number of halogens is 2. The summed E-state index contributed by atoms with van der Waals surface area (Å²) < 4.78 is 0. The van der Waals surface area contributed by atoms with Crippen LogP contribution in [-0.2, 0) is 16.1 Å². The minimum Gasteiger partial charge on any atom is -0.351 e. The number of nitrogens with one attached hydrogen (secondary N) is 1. The Morgan fingerprint density at radius 3 is 2.54 bits per heavy atom. The molecule has 3 rings (SSSR count). The van der Waals surface area contributed by atoms with Crippen molar-refractivity contribution in [3.8, 4) is 0 Å². The topological polar surface area (TPSA) is 61.8 Å². The Labute approximate surface area is 165 Å². The number of thioether (sulfide) groups is 1. The molecule has 2 aromatic carbocycles. The van der Waals surface area contributed by atoms with E-state index in [0.717, 1.165) is 5.56 Å². The first kappa shape index (κ1) is 18.8. The van der Waals surface area contributed by atoms with E-state index in [0.29, 0.717) is 27.4 Å². The fraction of sp³-hybridized carbons (Fsp3) is 0.167. The van der Waals surface area contributed by atoms with Crippen molar-refractivity contribution in [2.75, 3.05) is 17.2 Å². The van der Waals surface area contributed by atoms with Gasteiger partial charge in [0, 0.05) is 11.6 Å². The second kappa shape index (κ2) is 8.58. The number of hydrogen-bond donors (Lipinski definition) is 1. The Bertz CT molecular complexity index is 873. The Morgan fingerprint density at radius 2 is 1.81 bits per heavy atom. The number of carbonyl (C=O) groups is 2. The number of hydrogen-bond acceptors (Lipinski definition) is 4. The van der Waals surface area contributed by atoms with Gasteiger partial charge in [-0.3, -0.25) is 19.5 Å². The fourth-order valence-electron chi connectivity index (χ4n) is 2.38. The van der Waals surface area contributed by atoms with Crippen molar-refractivity contribution in [2.45, 2.75) is 6.54 Å². The third-order valence-electron chi connectivity index (χ3n) is 3.65. The van der Waals surface area contributed by atoms with Gasteiger partial charge in [-0.05, 0) is 23.8 Å². The molecule has 0 aliphatic carbocycles. The van der Waals surface area contributed by atoms with Gasteiger partial charge in [0.25, 0.3) is 5.91 Å². The quantitative estimate of drug-likeness (QED) is 0.820. The zero-order valence-electron chi connectivity index (χ0n) is 13.6. The van der Waals surface area contributed by atoms with E-state index in [2.05, 4.69) is 10.3 Å². The monoisotopic (exact) mass is 407 g/mol. The number of rotatable bonds is 5. The van der Waals surface area contributed by atoms with Crippen LogP contribution in [0.5, 0.6) is 0 Å². The number of para-hydroxylation sites is 1. The number of amides is 2. The summed E-state index contributed by atoms with van der Waals surface area (Å²) in [6.45, 7) is 0.396. The van der Waals surface area contributed by atoms with Crippen LogP contribution >= 0.6 is 35.0 Å². The molecule has 2 aromatic rings. The Hall–Kier alpha value is -2.02. The molecule has 0 spiro atoms. The highest BCUT2D eigenvalue weighted by Crippen LogP contribution is 2.30. The fourth-order valence-corrected chi connectivity index (χ4v) is 3.65. The van der Waals surface area contributed by atoms with E-state index in [1.807, 2.05) is 18.2 Å². The molecule has 1 aliphatic heterocycles. The second-order valence-electron chi connectivity index (χ2n) is 5.44. The molecule has 0 aromatic heterocycles. The maximum absolute atomic E-state index is 12.2. The van der Waals surface area contributed by atoms with Crippen molar-refractivity contribution in [1.29, 1.82) is 0 Å². The van der Waals surface area contributed by atoms with Crippen molar-refractivity contribution in [2.24, 2.45) is 4.99 Å². The smallest absolute Gasteiger partial charge is 0.254 e. The van der Waals surface area contributed by atoms with E-state index in [1.54, 1.807) is 30.3 Å². The summed E-state index contributed by atoms with van der Waals surface area (Å²) >= 11 is 13.5. The molecule has 0 atom stereocenters. The van der Waals surface area contributed by atoms with Crippen LogP contribution < -0.4 is 10.2 Å². The summed E-state index contributed by atoms with van der Waals surface area (Å²) in [6, 6.07) is 14.4. The SMILES string of the molecule is O=C(CSC1=NCC(=O)N1c1ccccc1Cl)NCc1ccccc1Cl. The summed E-state index contributed by atoms with van der Waals surface area (Å²) in [5.74, 6) is -0.203. The molecule has 1 heterocycles. The molecule has 134 valence electrons. The molecule has 26 heavy (non-hydrogen) atoms. The number of carbonyl (C=O) groups excluding carboxylic acids is 2. The zero-order chi connectivity index (χ0) is 18.5. The molecule has 0 bridgehead atoms. The van der Waals surface area contributed by atoms with Crippen LogP contribution in [0.25, 0.3) is 0 Å². The van der Waals surface area contributed by atoms with Crippen LogP contribution in [0.3, 0.4) is 0 Å². The lowest BCUT2D eigenvalue weighted by molar-refractivity contribution is -0.118. The number of amidine groups is 1. The molecule has 8 heteroatoms. The van der Waals surface area contributed by atoms with Crippen molar-refractivity contribution >= 4 is 57.6 Å². The molecule has 0 unspecified atom stereocenters. The maximum atomic E-state index is 12.2. The Morgan fingerprint density at radius 1 is 1.12 bits per heavy atom. The van der Waals surface area contributed by atoms with Gasteiger partial charge < -0.3 is 5.32 Å². The minimum absolute atomic E-state index is 0.0504. The van der Waals surface area contributed by atoms with E-state index < -0.39 is 0 Å². The lowest BCUT2D eigenvalue weighted by Crippen LogP contribution is -2.32. The summed E-state index contributed by atoms with van der Waals surface area (Å²) in [5.41, 5.74) is 1.41. The molecule has 0 saturated heterocycles. The highest BCUT2D eigenvalue weighted by Gasteiger charge is 2.29. The predicted octanol–water partition coefficient (Wildman–Crippen LogP) is 3.75. The first-order valence-corrected chi connectivity index (χ1v) is 9.55. The van der Waals surface area contributed by atoms with Gasteiger partial charge in [0.2, 0.25) is 5.91 Å². The van der Waals surface area contributed by atoms with E-state index >= 15 is 0 Å². The van der Waals surface area contributed by atoms with Crippen LogP contribution in [0.1, 0.15) is 5.56 Å². The molecule has 0 saturated carbocycles. The van der Waals surface area contributed by atoms with Gasteiger partial charge in [-0.25, -0.2) is 0 Å². The first-order valence-electron chi connectivity index (χ1n) is 7.81. The van der Waals surface area contributed by atoms with Gasteiger partial charge in [-0.1, -0.05) is 65.3 Å². The van der Waals surface area contributed by atoms with Gasteiger partial charge in [-0.2, -0.15) is 0 Å². The molecule has 1 aliphatic rings. The van der Waals surface area contributed by atoms with Gasteiger partial charge in [0.05, 0.1) is 16.5 Å². The Kier molecular flexibility index (Phi) is 6.19. The van der Waals surface area contributed by atoms with Gasteiger partial charge in [0.15, 0.2) is 5.17 Å². The van der Waals surface area contributed by atoms with Crippen LogP contribution in [0.15, 0.2) is 53.5 Å². The highest BCUT2D eigenvalue weighted by atomic mass is 35.5. The molecular formula is C18H15Cl2N3O2S. The van der Waals surface area contributed by atoms with Crippen LogP contribution in [-0.4, -0.2) is 29.3 Å². The average molecular weight is 408 g/mol. The van der Waals surface area contributed by atoms with Crippen molar-refractivity contribution in [3.63, 3.8) is 0 Å². The van der Waals surface area contributed by atoms with Crippen LogP contribution in [0, 0.1) is 0 Å². The van der Waals surface area contributed by atoms with Crippen LogP contribution in [0.2, 0.25) is 10.0 Å². The molecule has 5 nitrogen and oxygen atoms in total. The molecule has 0 fully saturated rings. The Balaban J connectivity index is 1.58. The lowest BCUT2D eigenvalue weighted by Gasteiger charge is -2.19. The summed E-state index contributed by atoms with van der Waals surface area (Å²) in [4.78, 5) is 29.9. The van der Waals surface area contributed by atoms with E-state index in [4.69, 9.17) is 23.2 Å². The average Bonchev–Trinajstić information content (AvgIpc) is 3.00. The van der Waals surface area contributed by atoms with Gasteiger partial charge in [-0.15, -0.1) is 0 Å². The summed E-state index contributed by atoms with van der Waals surface area (Å²) in [7, 11) is 0. The first-order chi connectivity index (χ1) is 12.6. The third kappa shape index (κ3) is 4.38. The molecule has 1 N–H and O–H groups in total. The van der Waals surface area contributed by atoms with Gasteiger partial charge >= 0.3 is 0 Å². The van der Waals surface area contributed by atoms with Crippen molar-refractivity contribution < 1.29 is 9.59 Å². The van der Waals surface area contributed by atoms with Crippen LogP contribution in [0.4, 0.5) is 5.69 Å². The number of anilines is 1. The van der Waals surface area contributed by atoms with Crippen molar-refractivity contribution in [3.05, 3.63) is 64.1 Å². The number of nitrogens with zero attached hydrogens (tertiary/aromatic N) is 2. The summed E-state index contributed by atoms with van der Waals surface area (Å²) in [6.07, 6.45) is 0.